The maximum atomic E-state index is 6.20. The van der Waals surface area contributed by atoms with Crippen LogP contribution in [-0.4, -0.2) is 7.11 Å². The topological polar surface area (TPSA) is 35.2 Å². The minimum atomic E-state index is 0.181. The Morgan fingerprint density at radius 3 is 2.67 bits per heavy atom. The molecule has 15 heavy (non-hydrogen) atoms. The van der Waals surface area contributed by atoms with E-state index in [-0.39, 0.29) is 6.04 Å². The van der Waals surface area contributed by atoms with Gasteiger partial charge in [0.05, 0.1) is 11.6 Å². The summed E-state index contributed by atoms with van der Waals surface area (Å²) in [5, 5.41) is 0. The van der Waals surface area contributed by atoms with E-state index in [1.54, 1.807) is 7.11 Å². The molecule has 0 unspecified atom stereocenters. The minimum Gasteiger partial charge on any atom is -0.496 e. The molecule has 0 radical (unpaired) electrons. The number of halogens is 1. The van der Waals surface area contributed by atoms with Crippen LogP contribution in [0.4, 0.5) is 0 Å². The van der Waals surface area contributed by atoms with Gasteiger partial charge in [-0.1, -0.05) is 12.5 Å². The second-order valence-electron chi connectivity index (χ2n) is 4.11. The summed E-state index contributed by atoms with van der Waals surface area (Å²) in [7, 11) is 1.67. The summed E-state index contributed by atoms with van der Waals surface area (Å²) in [4.78, 5) is 0. The number of hydrogen-bond acceptors (Lipinski definition) is 2. The van der Waals surface area contributed by atoms with Gasteiger partial charge in [-0.2, -0.15) is 0 Å². The average molecular weight is 270 g/mol. The highest BCUT2D eigenvalue weighted by molar-refractivity contribution is 9.10. The zero-order chi connectivity index (χ0) is 10.8. The van der Waals surface area contributed by atoms with Crippen LogP contribution in [0.1, 0.15) is 30.9 Å². The largest absolute Gasteiger partial charge is 0.496 e. The van der Waals surface area contributed by atoms with Gasteiger partial charge < -0.3 is 10.5 Å². The van der Waals surface area contributed by atoms with Crippen molar-refractivity contribution in [2.45, 2.75) is 25.3 Å². The third-order valence-corrected chi connectivity index (χ3v) is 3.84. The van der Waals surface area contributed by atoms with Crippen molar-refractivity contribution in [3.05, 3.63) is 28.2 Å². The Bertz CT molecular complexity index is 349. The van der Waals surface area contributed by atoms with Gasteiger partial charge in [0, 0.05) is 6.04 Å². The maximum Gasteiger partial charge on any atom is 0.133 e. The first-order valence-electron chi connectivity index (χ1n) is 5.31. The molecule has 1 aliphatic carbocycles. The van der Waals surface area contributed by atoms with Gasteiger partial charge in [0.15, 0.2) is 0 Å². The lowest BCUT2D eigenvalue weighted by Crippen LogP contribution is -2.26. The van der Waals surface area contributed by atoms with Gasteiger partial charge in [0.25, 0.3) is 0 Å². The number of benzene rings is 1. The van der Waals surface area contributed by atoms with Crippen molar-refractivity contribution in [3.63, 3.8) is 0 Å². The molecule has 1 fully saturated rings. The molecule has 1 atom stereocenters. The zero-order valence-corrected chi connectivity index (χ0v) is 10.5. The van der Waals surface area contributed by atoms with Gasteiger partial charge in [-0.15, -0.1) is 0 Å². The highest BCUT2D eigenvalue weighted by Crippen LogP contribution is 2.37. The van der Waals surface area contributed by atoms with Gasteiger partial charge in [0.2, 0.25) is 0 Å². The Labute approximate surface area is 98.9 Å². The molecule has 0 heterocycles. The smallest absolute Gasteiger partial charge is 0.133 e. The highest BCUT2D eigenvalue weighted by Gasteiger charge is 2.25. The lowest BCUT2D eigenvalue weighted by atomic mass is 9.77. The summed E-state index contributed by atoms with van der Waals surface area (Å²) in [5.41, 5.74) is 7.40. The fourth-order valence-electron chi connectivity index (χ4n) is 1.96. The first-order chi connectivity index (χ1) is 7.22. The highest BCUT2D eigenvalue weighted by atomic mass is 79.9. The molecule has 1 aromatic rings. The fraction of sp³-hybridized carbons (Fsp3) is 0.500. The summed E-state index contributed by atoms with van der Waals surface area (Å²) >= 11 is 3.48. The zero-order valence-electron chi connectivity index (χ0n) is 8.87. The SMILES string of the molecule is COc1ccc([C@H](N)C2CCC2)cc1Br. The summed E-state index contributed by atoms with van der Waals surface area (Å²) in [5.74, 6) is 1.53. The molecule has 2 N–H and O–H groups in total. The summed E-state index contributed by atoms with van der Waals surface area (Å²) in [6.07, 6.45) is 3.87. The van der Waals surface area contributed by atoms with Crippen molar-refractivity contribution in [2.24, 2.45) is 11.7 Å². The van der Waals surface area contributed by atoms with Gasteiger partial charge >= 0.3 is 0 Å². The van der Waals surface area contributed by atoms with Crippen LogP contribution in [-0.2, 0) is 0 Å². The van der Waals surface area contributed by atoms with E-state index in [1.165, 1.54) is 24.8 Å². The van der Waals surface area contributed by atoms with E-state index < -0.39 is 0 Å². The van der Waals surface area contributed by atoms with Crippen LogP contribution in [0.15, 0.2) is 22.7 Å². The van der Waals surface area contributed by atoms with E-state index in [2.05, 4.69) is 28.1 Å². The molecular formula is C12H16BrNO. The molecule has 1 saturated carbocycles. The number of methoxy groups -OCH3 is 1. The Kier molecular flexibility index (Phi) is 3.32. The molecule has 0 amide bonds. The average Bonchev–Trinajstić information content (AvgIpc) is 2.15. The van der Waals surface area contributed by atoms with Crippen LogP contribution in [0.3, 0.4) is 0 Å². The van der Waals surface area contributed by atoms with E-state index in [4.69, 9.17) is 10.5 Å². The molecule has 0 spiro atoms. The van der Waals surface area contributed by atoms with Crippen LogP contribution in [0.25, 0.3) is 0 Å². The predicted molar refractivity (Wildman–Crippen MR) is 65.0 cm³/mol. The van der Waals surface area contributed by atoms with E-state index in [1.807, 2.05) is 6.07 Å². The standard InChI is InChI=1S/C12H16BrNO/c1-15-11-6-5-9(7-10(11)13)12(14)8-3-2-4-8/h5-8,12H,2-4,14H2,1H3/t12-/m1/s1. The Hall–Kier alpha value is -0.540. The van der Waals surface area contributed by atoms with Crippen molar-refractivity contribution < 1.29 is 4.74 Å². The molecule has 82 valence electrons. The molecule has 0 aliphatic heterocycles. The van der Waals surface area contributed by atoms with Crippen molar-refractivity contribution in [2.75, 3.05) is 7.11 Å². The van der Waals surface area contributed by atoms with Crippen LogP contribution in [0, 0.1) is 5.92 Å². The van der Waals surface area contributed by atoms with Gasteiger partial charge in [-0.05, 0) is 52.4 Å². The Morgan fingerprint density at radius 2 is 2.20 bits per heavy atom. The number of ether oxygens (including phenoxy) is 1. The molecular weight excluding hydrogens is 254 g/mol. The lowest BCUT2D eigenvalue weighted by molar-refractivity contribution is 0.264. The molecule has 1 aliphatic rings. The van der Waals surface area contributed by atoms with Gasteiger partial charge in [0.1, 0.15) is 5.75 Å². The van der Waals surface area contributed by atoms with Crippen molar-refractivity contribution in [1.82, 2.24) is 0 Å². The Morgan fingerprint density at radius 1 is 1.47 bits per heavy atom. The third-order valence-electron chi connectivity index (χ3n) is 3.22. The van der Waals surface area contributed by atoms with E-state index in [0.29, 0.717) is 5.92 Å². The van der Waals surface area contributed by atoms with Gasteiger partial charge in [-0.3, -0.25) is 0 Å². The predicted octanol–water partition coefficient (Wildman–Crippen LogP) is 3.26. The van der Waals surface area contributed by atoms with Crippen LogP contribution in [0.5, 0.6) is 5.75 Å². The van der Waals surface area contributed by atoms with Crippen molar-refractivity contribution in [3.8, 4) is 5.75 Å². The maximum absolute atomic E-state index is 6.20. The molecule has 0 bridgehead atoms. The van der Waals surface area contributed by atoms with Crippen LogP contribution >= 0.6 is 15.9 Å². The second kappa shape index (κ2) is 4.54. The molecule has 1 aromatic carbocycles. The molecule has 0 saturated heterocycles. The number of rotatable bonds is 3. The van der Waals surface area contributed by atoms with Gasteiger partial charge in [-0.25, -0.2) is 0 Å². The lowest BCUT2D eigenvalue weighted by Gasteiger charge is -2.31. The summed E-state index contributed by atoms with van der Waals surface area (Å²) in [6.45, 7) is 0. The number of nitrogens with two attached hydrogens (primary N) is 1. The van der Waals surface area contributed by atoms with E-state index in [9.17, 15) is 0 Å². The van der Waals surface area contributed by atoms with Crippen molar-refractivity contribution >= 4 is 15.9 Å². The summed E-state index contributed by atoms with van der Waals surface area (Å²) in [6, 6.07) is 6.28. The number of hydrogen-bond donors (Lipinski definition) is 1. The van der Waals surface area contributed by atoms with E-state index in [0.717, 1.165) is 10.2 Å². The molecule has 2 rings (SSSR count). The molecule has 0 aromatic heterocycles. The fourth-order valence-corrected chi connectivity index (χ4v) is 2.52. The quantitative estimate of drug-likeness (QED) is 0.915. The minimum absolute atomic E-state index is 0.181. The molecule has 3 heteroatoms. The normalized spacial score (nSPS) is 18.3. The van der Waals surface area contributed by atoms with Crippen LogP contribution < -0.4 is 10.5 Å². The van der Waals surface area contributed by atoms with Crippen LogP contribution in [0.2, 0.25) is 0 Å². The molecule has 2 nitrogen and oxygen atoms in total. The Balaban J connectivity index is 2.17. The first-order valence-corrected chi connectivity index (χ1v) is 6.10. The first kappa shape index (κ1) is 11.0. The van der Waals surface area contributed by atoms with Crippen molar-refractivity contribution in [1.29, 1.82) is 0 Å². The third kappa shape index (κ3) is 2.18. The summed E-state index contributed by atoms with van der Waals surface area (Å²) < 4.78 is 6.18. The monoisotopic (exact) mass is 269 g/mol. The second-order valence-corrected chi connectivity index (χ2v) is 4.97. The van der Waals surface area contributed by atoms with E-state index >= 15 is 0 Å².